The molecule has 0 unspecified atom stereocenters. The Morgan fingerprint density at radius 1 is 1.00 bits per heavy atom. The molecule has 0 saturated carbocycles. The minimum Gasteiger partial charge on any atom is -0.357 e. The quantitative estimate of drug-likeness (QED) is 0.339. The summed E-state index contributed by atoms with van der Waals surface area (Å²) < 4.78 is 68.9. The highest BCUT2D eigenvalue weighted by Crippen LogP contribution is 2.37. The number of amides is 2. The van der Waals surface area contributed by atoms with Gasteiger partial charge >= 0.3 is 6.18 Å². The monoisotopic (exact) mass is 595 g/mol. The van der Waals surface area contributed by atoms with E-state index >= 15 is 0 Å². The number of carbonyl (C=O) groups is 2. The maximum absolute atomic E-state index is 13.9. The molecule has 0 spiro atoms. The molecule has 0 bridgehead atoms. The zero-order valence-electron chi connectivity index (χ0n) is 22.1. The lowest BCUT2D eigenvalue weighted by molar-refractivity contribution is -0.140. The van der Waals surface area contributed by atoms with Crippen molar-refractivity contribution in [2.24, 2.45) is 0 Å². The van der Waals surface area contributed by atoms with Gasteiger partial charge < -0.3 is 10.2 Å². The Morgan fingerprint density at radius 2 is 1.68 bits per heavy atom. The van der Waals surface area contributed by atoms with Gasteiger partial charge in [0.2, 0.25) is 11.8 Å². The molecular formula is C28H29ClF3N3O4S. The fraction of sp³-hybridized carbons (Fsp3) is 0.286. The lowest BCUT2D eigenvalue weighted by Gasteiger charge is -2.33. The molecule has 0 aliphatic heterocycles. The summed E-state index contributed by atoms with van der Waals surface area (Å²) >= 11 is 6.25. The van der Waals surface area contributed by atoms with Crippen LogP contribution in [0.2, 0.25) is 5.02 Å². The number of halogens is 4. The van der Waals surface area contributed by atoms with Gasteiger partial charge in [-0.3, -0.25) is 13.9 Å². The minimum atomic E-state index is -4.80. The van der Waals surface area contributed by atoms with Gasteiger partial charge in [0.1, 0.15) is 12.6 Å². The van der Waals surface area contributed by atoms with Gasteiger partial charge in [-0.15, -0.1) is 0 Å². The molecule has 3 rings (SSSR count). The van der Waals surface area contributed by atoms with E-state index in [1.165, 1.54) is 36.2 Å². The first-order valence-electron chi connectivity index (χ1n) is 12.3. The number of anilines is 1. The minimum absolute atomic E-state index is 0.0397. The van der Waals surface area contributed by atoms with Crippen LogP contribution >= 0.6 is 11.6 Å². The van der Waals surface area contributed by atoms with Gasteiger partial charge in [-0.05, 0) is 49.2 Å². The molecule has 0 aromatic heterocycles. The van der Waals surface area contributed by atoms with Crippen molar-refractivity contribution in [3.63, 3.8) is 0 Å². The summed E-state index contributed by atoms with van der Waals surface area (Å²) in [5.74, 6) is -1.27. The number of benzene rings is 3. The van der Waals surface area contributed by atoms with Crippen LogP contribution < -0.4 is 9.62 Å². The lowest BCUT2D eigenvalue weighted by atomic mass is 10.1. The van der Waals surface area contributed by atoms with Gasteiger partial charge in [-0.1, -0.05) is 66.6 Å². The summed E-state index contributed by atoms with van der Waals surface area (Å²) in [7, 11) is -3.16. The molecule has 40 heavy (non-hydrogen) atoms. The average molecular weight is 596 g/mol. The topological polar surface area (TPSA) is 86.8 Å². The zero-order valence-corrected chi connectivity index (χ0v) is 23.6. The second-order valence-corrected chi connectivity index (χ2v) is 11.3. The number of likely N-dealkylation sites (N-methyl/N-ethyl adjacent to an activating group) is 1. The predicted octanol–water partition coefficient (Wildman–Crippen LogP) is 5.42. The number of hydrogen-bond donors (Lipinski definition) is 1. The van der Waals surface area contributed by atoms with E-state index in [1.54, 1.807) is 25.1 Å². The molecule has 0 saturated heterocycles. The van der Waals surface area contributed by atoms with Gasteiger partial charge in [0.05, 0.1) is 21.2 Å². The first-order chi connectivity index (χ1) is 18.8. The van der Waals surface area contributed by atoms with Crippen molar-refractivity contribution in [3.8, 4) is 0 Å². The van der Waals surface area contributed by atoms with Crippen LogP contribution in [-0.2, 0) is 32.3 Å². The number of hydrogen-bond acceptors (Lipinski definition) is 4. The third kappa shape index (κ3) is 7.14. The highest BCUT2D eigenvalue weighted by molar-refractivity contribution is 7.92. The van der Waals surface area contributed by atoms with E-state index in [1.807, 2.05) is 19.1 Å². The number of nitrogens with zero attached hydrogens (tertiary/aromatic N) is 2. The average Bonchev–Trinajstić information content (AvgIpc) is 2.91. The van der Waals surface area contributed by atoms with E-state index in [0.717, 1.165) is 17.7 Å². The number of aryl methyl sites for hydroxylation is 1. The van der Waals surface area contributed by atoms with E-state index in [9.17, 15) is 31.2 Å². The molecule has 1 atom stereocenters. The van der Waals surface area contributed by atoms with E-state index in [4.69, 9.17) is 11.6 Å². The van der Waals surface area contributed by atoms with Crippen LogP contribution in [0, 0.1) is 6.92 Å². The van der Waals surface area contributed by atoms with Crippen molar-refractivity contribution in [1.29, 1.82) is 0 Å². The van der Waals surface area contributed by atoms with Crippen molar-refractivity contribution < 1.29 is 31.2 Å². The summed E-state index contributed by atoms with van der Waals surface area (Å²) in [6.45, 7) is 2.60. The standard InChI is InChI=1S/C28H29ClF3N3O4S/c1-4-24(27(37)33-3)34(17-20-10-8-9-19(2)15-20)26(36)18-35(40(38,39)22-11-6-5-7-12-22)25-16-21(28(30,31)32)13-14-23(25)29/h5-16,24H,4,17-18H2,1-3H3,(H,33,37)/t24-/m0/s1. The Labute approximate surface area is 236 Å². The third-order valence-corrected chi connectivity index (χ3v) is 8.31. The van der Waals surface area contributed by atoms with Gasteiger partial charge in [0.25, 0.3) is 10.0 Å². The highest BCUT2D eigenvalue weighted by Gasteiger charge is 2.36. The number of nitrogens with one attached hydrogen (secondary N) is 1. The Kier molecular flexibility index (Phi) is 9.86. The summed E-state index contributed by atoms with van der Waals surface area (Å²) in [5, 5.41) is 2.21. The highest BCUT2D eigenvalue weighted by atomic mass is 35.5. The van der Waals surface area contributed by atoms with E-state index in [0.29, 0.717) is 15.9 Å². The molecule has 1 N–H and O–H groups in total. The van der Waals surface area contributed by atoms with Crippen molar-refractivity contribution in [2.75, 3.05) is 17.9 Å². The van der Waals surface area contributed by atoms with Crippen LogP contribution in [0.5, 0.6) is 0 Å². The van der Waals surface area contributed by atoms with Gasteiger partial charge in [0.15, 0.2) is 0 Å². The molecule has 0 aliphatic rings. The Balaban J connectivity index is 2.16. The molecular weight excluding hydrogens is 567 g/mol. The molecule has 12 heteroatoms. The summed E-state index contributed by atoms with van der Waals surface area (Å²) in [6, 6.07) is 15.5. The Morgan fingerprint density at radius 3 is 2.25 bits per heavy atom. The molecule has 0 aliphatic carbocycles. The maximum Gasteiger partial charge on any atom is 0.416 e. The number of sulfonamides is 1. The molecule has 3 aromatic carbocycles. The SMILES string of the molecule is CC[C@@H](C(=O)NC)N(Cc1cccc(C)c1)C(=O)CN(c1cc(C(F)(F)F)ccc1Cl)S(=O)(=O)c1ccccc1. The van der Waals surface area contributed by atoms with Crippen molar-refractivity contribution in [1.82, 2.24) is 10.2 Å². The molecule has 214 valence electrons. The van der Waals surface area contributed by atoms with Crippen LogP contribution in [0.15, 0.2) is 77.7 Å². The fourth-order valence-corrected chi connectivity index (χ4v) is 5.92. The number of alkyl halides is 3. The molecule has 3 aromatic rings. The maximum atomic E-state index is 13.9. The summed E-state index contributed by atoms with van der Waals surface area (Å²) in [6.07, 6.45) is -4.60. The number of carbonyl (C=O) groups excluding carboxylic acids is 2. The van der Waals surface area contributed by atoms with Gasteiger partial charge in [-0.25, -0.2) is 8.42 Å². The first-order valence-corrected chi connectivity index (χ1v) is 14.1. The van der Waals surface area contributed by atoms with Gasteiger partial charge in [-0.2, -0.15) is 13.2 Å². The van der Waals surface area contributed by atoms with Crippen LogP contribution in [0.4, 0.5) is 18.9 Å². The molecule has 0 radical (unpaired) electrons. The second-order valence-electron chi connectivity index (χ2n) is 9.04. The predicted molar refractivity (Wildman–Crippen MR) is 147 cm³/mol. The second kappa shape index (κ2) is 12.7. The smallest absolute Gasteiger partial charge is 0.357 e. The number of rotatable bonds is 10. The normalized spacial score (nSPS) is 12.5. The fourth-order valence-electron chi connectivity index (χ4n) is 4.21. The van der Waals surface area contributed by atoms with E-state index < -0.39 is 51.9 Å². The molecule has 2 amide bonds. The molecule has 7 nitrogen and oxygen atoms in total. The Hall–Kier alpha value is -3.57. The van der Waals surface area contributed by atoms with Crippen LogP contribution in [0.25, 0.3) is 0 Å². The zero-order chi connectivity index (χ0) is 29.7. The van der Waals surface area contributed by atoms with E-state index in [-0.39, 0.29) is 22.9 Å². The van der Waals surface area contributed by atoms with Crippen molar-refractivity contribution in [3.05, 3.63) is 94.5 Å². The summed E-state index contributed by atoms with van der Waals surface area (Å²) in [4.78, 5) is 27.6. The molecule has 0 fully saturated rings. The largest absolute Gasteiger partial charge is 0.416 e. The van der Waals surface area contributed by atoms with Crippen LogP contribution in [0.3, 0.4) is 0 Å². The van der Waals surface area contributed by atoms with Crippen molar-refractivity contribution >= 4 is 39.1 Å². The first kappa shape index (κ1) is 31.0. The lowest BCUT2D eigenvalue weighted by Crippen LogP contribution is -2.51. The van der Waals surface area contributed by atoms with Crippen LogP contribution in [0.1, 0.15) is 30.0 Å². The molecule has 0 heterocycles. The Bertz CT molecular complexity index is 1470. The van der Waals surface area contributed by atoms with Gasteiger partial charge in [0, 0.05) is 13.6 Å². The van der Waals surface area contributed by atoms with Crippen LogP contribution in [-0.4, -0.2) is 44.8 Å². The third-order valence-electron chi connectivity index (χ3n) is 6.22. The van der Waals surface area contributed by atoms with E-state index in [2.05, 4.69) is 5.32 Å². The van der Waals surface area contributed by atoms with Crippen molar-refractivity contribution in [2.45, 2.75) is 43.9 Å². The summed E-state index contributed by atoms with van der Waals surface area (Å²) in [5.41, 5.74) is -0.0644.